The second kappa shape index (κ2) is 2.51. The first-order valence-corrected chi connectivity index (χ1v) is 4.08. The van der Waals surface area contributed by atoms with Crippen LogP contribution in [0.25, 0.3) is 0 Å². The molecule has 2 aliphatic rings. The van der Waals surface area contributed by atoms with Crippen molar-refractivity contribution in [3.63, 3.8) is 0 Å². The molecule has 2 heterocycles. The molecule has 2 saturated heterocycles. The molecule has 0 aromatic heterocycles. The van der Waals surface area contributed by atoms with Gasteiger partial charge in [0.15, 0.2) is 6.29 Å². The fourth-order valence-electron chi connectivity index (χ4n) is 1.84. The Bertz CT molecular complexity index is 124. The SMILES string of the molecule is C[C@@H]1CO[C@H]2C[C@H](CO2)C1. The van der Waals surface area contributed by atoms with E-state index in [4.69, 9.17) is 9.47 Å². The molecule has 0 saturated carbocycles. The van der Waals surface area contributed by atoms with Gasteiger partial charge in [-0.3, -0.25) is 0 Å². The summed E-state index contributed by atoms with van der Waals surface area (Å²) < 4.78 is 10.9. The molecule has 2 aliphatic heterocycles. The Labute approximate surface area is 61.5 Å². The first kappa shape index (κ1) is 6.62. The average Bonchev–Trinajstić information content (AvgIpc) is 2.22. The average molecular weight is 142 g/mol. The van der Waals surface area contributed by atoms with Crippen LogP contribution in [0, 0.1) is 11.8 Å². The maximum absolute atomic E-state index is 5.48. The zero-order chi connectivity index (χ0) is 6.97. The summed E-state index contributed by atoms with van der Waals surface area (Å²) in [5.41, 5.74) is 0. The Balaban J connectivity index is 1.99. The fraction of sp³-hybridized carbons (Fsp3) is 1.00. The van der Waals surface area contributed by atoms with Crippen molar-refractivity contribution in [1.82, 2.24) is 0 Å². The molecule has 10 heavy (non-hydrogen) atoms. The van der Waals surface area contributed by atoms with Gasteiger partial charge in [0.05, 0.1) is 13.2 Å². The van der Waals surface area contributed by atoms with E-state index < -0.39 is 0 Å². The summed E-state index contributed by atoms with van der Waals surface area (Å²) in [7, 11) is 0. The third kappa shape index (κ3) is 1.18. The van der Waals surface area contributed by atoms with Gasteiger partial charge in [-0.2, -0.15) is 0 Å². The van der Waals surface area contributed by atoms with Crippen LogP contribution >= 0.6 is 0 Å². The zero-order valence-corrected chi connectivity index (χ0v) is 6.38. The predicted molar refractivity (Wildman–Crippen MR) is 37.6 cm³/mol. The molecular weight excluding hydrogens is 128 g/mol. The van der Waals surface area contributed by atoms with Crippen molar-refractivity contribution < 1.29 is 9.47 Å². The predicted octanol–water partition coefficient (Wildman–Crippen LogP) is 1.41. The number of hydrogen-bond donors (Lipinski definition) is 0. The van der Waals surface area contributed by atoms with Gasteiger partial charge in [-0.15, -0.1) is 0 Å². The molecule has 0 amide bonds. The molecule has 0 aromatic carbocycles. The topological polar surface area (TPSA) is 18.5 Å². The molecule has 2 rings (SSSR count). The number of hydrogen-bond acceptors (Lipinski definition) is 2. The molecular formula is C8H14O2. The molecule has 0 aromatic rings. The van der Waals surface area contributed by atoms with Crippen LogP contribution in [-0.2, 0) is 9.47 Å². The van der Waals surface area contributed by atoms with Gasteiger partial charge in [0.25, 0.3) is 0 Å². The maximum atomic E-state index is 5.48. The monoisotopic (exact) mass is 142 g/mol. The van der Waals surface area contributed by atoms with Crippen LogP contribution in [0.1, 0.15) is 19.8 Å². The fourth-order valence-corrected chi connectivity index (χ4v) is 1.84. The van der Waals surface area contributed by atoms with Gasteiger partial charge in [-0.05, 0) is 18.3 Å². The van der Waals surface area contributed by atoms with E-state index in [2.05, 4.69) is 6.92 Å². The highest BCUT2D eigenvalue weighted by Crippen LogP contribution is 2.30. The lowest BCUT2D eigenvalue weighted by Crippen LogP contribution is -2.15. The molecule has 2 bridgehead atoms. The lowest BCUT2D eigenvalue weighted by molar-refractivity contribution is -0.121. The van der Waals surface area contributed by atoms with E-state index in [9.17, 15) is 0 Å². The molecule has 58 valence electrons. The van der Waals surface area contributed by atoms with E-state index in [0.29, 0.717) is 0 Å². The smallest absolute Gasteiger partial charge is 0.157 e. The van der Waals surface area contributed by atoms with Gasteiger partial charge in [0.1, 0.15) is 0 Å². The van der Waals surface area contributed by atoms with Crippen molar-refractivity contribution in [3.8, 4) is 0 Å². The standard InChI is InChI=1S/C8H14O2/c1-6-2-7-3-8(9-4-6)10-5-7/h6-8H,2-5H2,1H3/t6-,7+,8+/m0/s1. The van der Waals surface area contributed by atoms with Gasteiger partial charge in [0, 0.05) is 6.42 Å². The molecule has 2 heteroatoms. The normalized spacial score (nSPS) is 47.1. The van der Waals surface area contributed by atoms with E-state index in [1.807, 2.05) is 0 Å². The third-order valence-corrected chi connectivity index (χ3v) is 2.35. The molecule has 0 aliphatic carbocycles. The van der Waals surface area contributed by atoms with Crippen LogP contribution in [-0.4, -0.2) is 19.5 Å². The summed E-state index contributed by atoms with van der Waals surface area (Å²) in [6, 6.07) is 0. The van der Waals surface area contributed by atoms with Gasteiger partial charge in [-0.1, -0.05) is 6.92 Å². The Hall–Kier alpha value is -0.0800. The van der Waals surface area contributed by atoms with Gasteiger partial charge in [0.2, 0.25) is 0 Å². The van der Waals surface area contributed by atoms with E-state index in [1.54, 1.807) is 0 Å². The molecule has 2 nitrogen and oxygen atoms in total. The molecule has 2 fully saturated rings. The van der Waals surface area contributed by atoms with Gasteiger partial charge in [-0.25, -0.2) is 0 Å². The lowest BCUT2D eigenvalue weighted by atomic mass is 9.97. The minimum Gasteiger partial charge on any atom is -0.352 e. The lowest BCUT2D eigenvalue weighted by Gasteiger charge is -2.15. The van der Waals surface area contributed by atoms with E-state index in [-0.39, 0.29) is 6.29 Å². The summed E-state index contributed by atoms with van der Waals surface area (Å²) in [5, 5.41) is 0. The van der Waals surface area contributed by atoms with Crippen LogP contribution in [0.5, 0.6) is 0 Å². The van der Waals surface area contributed by atoms with E-state index in [0.717, 1.165) is 31.5 Å². The van der Waals surface area contributed by atoms with E-state index >= 15 is 0 Å². The zero-order valence-electron chi connectivity index (χ0n) is 6.38. The highest BCUT2D eigenvalue weighted by atomic mass is 16.7. The maximum Gasteiger partial charge on any atom is 0.157 e. The first-order chi connectivity index (χ1) is 4.84. The van der Waals surface area contributed by atoms with Gasteiger partial charge < -0.3 is 9.47 Å². The highest BCUT2D eigenvalue weighted by Gasteiger charge is 2.30. The van der Waals surface area contributed by atoms with Crippen LogP contribution in [0.15, 0.2) is 0 Å². The van der Waals surface area contributed by atoms with Crippen molar-refractivity contribution in [3.05, 3.63) is 0 Å². The third-order valence-electron chi connectivity index (χ3n) is 2.35. The summed E-state index contributed by atoms with van der Waals surface area (Å²) in [6.07, 6.45) is 2.55. The van der Waals surface area contributed by atoms with Gasteiger partial charge >= 0.3 is 0 Å². The van der Waals surface area contributed by atoms with Crippen molar-refractivity contribution in [1.29, 1.82) is 0 Å². The second-order valence-electron chi connectivity index (χ2n) is 3.54. The number of rotatable bonds is 0. The Kier molecular flexibility index (Phi) is 1.66. The summed E-state index contributed by atoms with van der Waals surface area (Å²) >= 11 is 0. The summed E-state index contributed by atoms with van der Waals surface area (Å²) in [5.74, 6) is 1.52. The molecule has 0 radical (unpaired) electrons. The quantitative estimate of drug-likeness (QED) is 0.509. The largest absolute Gasteiger partial charge is 0.352 e. The minimum absolute atomic E-state index is 0.134. The first-order valence-electron chi connectivity index (χ1n) is 4.08. The van der Waals surface area contributed by atoms with Crippen LogP contribution in [0.4, 0.5) is 0 Å². The highest BCUT2D eigenvalue weighted by molar-refractivity contribution is 4.73. The van der Waals surface area contributed by atoms with Crippen molar-refractivity contribution in [2.24, 2.45) is 11.8 Å². The second-order valence-corrected chi connectivity index (χ2v) is 3.54. The van der Waals surface area contributed by atoms with Crippen LogP contribution < -0.4 is 0 Å². The Morgan fingerprint density at radius 1 is 1.10 bits per heavy atom. The van der Waals surface area contributed by atoms with Crippen molar-refractivity contribution >= 4 is 0 Å². The molecule has 0 unspecified atom stereocenters. The number of fused-ring (bicyclic) bond motifs is 2. The molecule has 3 atom stereocenters. The van der Waals surface area contributed by atoms with Crippen LogP contribution in [0.3, 0.4) is 0 Å². The molecule has 0 spiro atoms. The summed E-state index contributed by atoms with van der Waals surface area (Å²) in [6.45, 7) is 4.07. The molecule has 0 N–H and O–H groups in total. The van der Waals surface area contributed by atoms with E-state index in [1.165, 1.54) is 6.42 Å². The summed E-state index contributed by atoms with van der Waals surface area (Å²) in [4.78, 5) is 0. The Morgan fingerprint density at radius 3 is 2.80 bits per heavy atom. The van der Waals surface area contributed by atoms with Crippen molar-refractivity contribution in [2.75, 3.05) is 13.2 Å². The minimum atomic E-state index is 0.134. The van der Waals surface area contributed by atoms with Crippen molar-refractivity contribution in [2.45, 2.75) is 26.1 Å². The Morgan fingerprint density at radius 2 is 1.90 bits per heavy atom. The number of ether oxygens (including phenoxy) is 2. The van der Waals surface area contributed by atoms with Crippen LogP contribution in [0.2, 0.25) is 0 Å².